The van der Waals surface area contributed by atoms with Crippen LogP contribution in [0.15, 0.2) is 60.3 Å². The minimum absolute atomic E-state index is 0.0225. The number of nitrogens with zero attached hydrogens (tertiary/aromatic N) is 1. The van der Waals surface area contributed by atoms with Gasteiger partial charge in [0.2, 0.25) is 0 Å². The van der Waals surface area contributed by atoms with Gasteiger partial charge < -0.3 is 20.1 Å². The first-order valence-corrected chi connectivity index (χ1v) is 7.59. The number of anilines is 1. The molecule has 2 rings (SSSR count). The smallest absolute Gasteiger partial charge is 0.263 e. The largest absolute Gasteiger partial charge is 0.493 e. The summed E-state index contributed by atoms with van der Waals surface area (Å²) in [6.07, 6.45) is 1.36. The summed E-state index contributed by atoms with van der Waals surface area (Å²) >= 11 is 0. The van der Waals surface area contributed by atoms with Crippen molar-refractivity contribution < 1.29 is 14.3 Å². The van der Waals surface area contributed by atoms with Gasteiger partial charge in [0.1, 0.15) is 11.6 Å². The summed E-state index contributed by atoms with van der Waals surface area (Å²) in [5.74, 6) is 0.699. The number of carbonyl (C=O) groups is 1. The molecule has 0 fully saturated rings. The van der Waals surface area contributed by atoms with Gasteiger partial charge in [-0.05, 0) is 17.7 Å². The molecule has 2 aromatic carbocycles. The summed E-state index contributed by atoms with van der Waals surface area (Å²) in [5, 5.41) is 14.8. The first kappa shape index (κ1) is 17.9. The number of nitrogens with one attached hydrogen (secondary N) is 2. The van der Waals surface area contributed by atoms with E-state index in [-0.39, 0.29) is 5.57 Å². The number of rotatable bonds is 7. The lowest BCUT2D eigenvalue weighted by molar-refractivity contribution is -0.117. The summed E-state index contributed by atoms with van der Waals surface area (Å²) in [4.78, 5) is 12.1. The van der Waals surface area contributed by atoms with Crippen LogP contribution in [0.3, 0.4) is 0 Å². The fraction of sp³-hybridized carbons (Fsp3) is 0.158. The van der Waals surface area contributed by atoms with Crippen LogP contribution in [0.25, 0.3) is 0 Å². The maximum absolute atomic E-state index is 12.1. The average molecular weight is 337 g/mol. The molecule has 0 aliphatic heterocycles. The molecule has 0 bridgehead atoms. The van der Waals surface area contributed by atoms with Gasteiger partial charge in [-0.25, -0.2) is 0 Å². The summed E-state index contributed by atoms with van der Waals surface area (Å²) in [6, 6.07) is 16.6. The molecule has 6 nitrogen and oxygen atoms in total. The summed E-state index contributed by atoms with van der Waals surface area (Å²) in [5.41, 5.74) is 1.60. The van der Waals surface area contributed by atoms with Crippen LogP contribution in [-0.4, -0.2) is 20.1 Å². The molecule has 0 saturated carbocycles. The summed E-state index contributed by atoms with van der Waals surface area (Å²) in [7, 11) is 3.09. The van der Waals surface area contributed by atoms with E-state index >= 15 is 0 Å². The molecule has 1 amide bonds. The lowest BCUT2D eigenvalue weighted by Crippen LogP contribution is -2.24. The van der Waals surface area contributed by atoms with Crippen LogP contribution in [0.2, 0.25) is 0 Å². The van der Waals surface area contributed by atoms with E-state index in [9.17, 15) is 10.1 Å². The highest BCUT2D eigenvalue weighted by Crippen LogP contribution is 2.29. The normalized spacial score (nSPS) is 10.5. The Balaban J connectivity index is 2.02. The Labute approximate surface area is 146 Å². The van der Waals surface area contributed by atoms with Crippen molar-refractivity contribution in [3.8, 4) is 17.6 Å². The SMILES string of the molecule is COc1ccc(N/C=C(/C#N)C(=O)NCc2ccccc2)cc1OC. The summed E-state index contributed by atoms with van der Waals surface area (Å²) in [6.45, 7) is 0.356. The van der Waals surface area contributed by atoms with Gasteiger partial charge in [0, 0.05) is 24.5 Å². The highest BCUT2D eigenvalue weighted by Gasteiger charge is 2.09. The van der Waals surface area contributed by atoms with Crippen molar-refractivity contribution in [2.75, 3.05) is 19.5 Å². The van der Waals surface area contributed by atoms with Gasteiger partial charge in [-0.2, -0.15) is 5.26 Å². The fourth-order valence-electron chi connectivity index (χ4n) is 2.10. The second-order valence-corrected chi connectivity index (χ2v) is 5.05. The Hall–Kier alpha value is -3.46. The van der Waals surface area contributed by atoms with E-state index in [4.69, 9.17) is 9.47 Å². The molecule has 2 aromatic rings. The molecule has 25 heavy (non-hydrogen) atoms. The zero-order valence-corrected chi connectivity index (χ0v) is 14.1. The minimum Gasteiger partial charge on any atom is -0.493 e. The van der Waals surface area contributed by atoms with Crippen LogP contribution in [0.5, 0.6) is 11.5 Å². The molecule has 2 N–H and O–H groups in total. The standard InChI is InChI=1S/C19H19N3O3/c1-24-17-9-8-16(10-18(17)25-2)21-13-15(11-20)19(23)22-12-14-6-4-3-5-7-14/h3-10,13,21H,12H2,1-2H3,(H,22,23)/b15-13-. The molecule has 0 aromatic heterocycles. The topological polar surface area (TPSA) is 83.4 Å². The van der Waals surface area contributed by atoms with Crippen molar-refractivity contribution in [1.82, 2.24) is 5.32 Å². The van der Waals surface area contributed by atoms with Crippen molar-refractivity contribution in [1.29, 1.82) is 5.26 Å². The van der Waals surface area contributed by atoms with Crippen LogP contribution in [0, 0.1) is 11.3 Å². The Morgan fingerprint density at radius 1 is 1.12 bits per heavy atom. The van der Waals surface area contributed by atoms with E-state index in [0.717, 1.165) is 5.56 Å². The van der Waals surface area contributed by atoms with E-state index in [1.165, 1.54) is 13.3 Å². The molecular formula is C19H19N3O3. The van der Waals surface area contributed by atoms with Gasteiger partial charge in [-0.1, -0.05) is 30.3 Å². The number of benzene rings is 2. The average Bonchev–Trinajstić information content (AvgIpc) is 2.67. The van der Waals surface area contributed by atoms with Crippen molar-refractivity contribution in [3.05, 3.63) is 65.9 Å². The van der Waals surface area contributed by atoms with Gasteiger partial charge in [-0.3, -0.25) is 4.79 Å². The Bertz CT molecular complexity index is 795. The Morgan fingerprint density at radius 3 is 2.48 bits per heavy atom. The maximum Gasteiger partial charge on any atom is 0.263 e. The van der Waals surface area contributed by atoms with Gasteiger partial charge in [0.15, 0.2) is 11.5 Å². The highest BCUT2D eigenvalue weighted by molar-refractivity contribution is 5.97. The number of hydrogen-bond donors (Lipinski definition) is 2. The van der Waals surface area contributed by atoms with E-state index in [2.05, 4.69) is 10.6 Å². The first-order valence-electron chi connectivity index (χ1n) is 7.59. The number of methoxy groups -OCH3 is 2. The Morgan fingerprint density at radius 2 is 1.84 bits per heavy atom. The van der Waals surface area contributed by atoms with E-state index < -0.39 is 5.91 Å². The zero-order valence-electron chi connectivity index (χ0n) is 14.1. The lowest BCUT2D eigenvalue weighted by Gasteiger charge is -2.09. The zero-order chi connectivity index (χ0) is 18.1. The van der Waals surface area contributed by atoms with Crippen molar-refractivity contribution in [2.45, 2.75) is 6.54 Å². The minimum atomic E-state index is -0.445. The molecule has 0 saturated heterocycles. The molecule has 0 aliphatic rings. The molecule has 0 heterocycles. The van der Waals surface area contributed by atoms with Gasteiger partial charge in [-0.15, -0.1) is 0 Å². The number of carbonyl (C=O) groups excluding carboxylic acids is 1. The van der Waals surface area contributed by atoms with Crippen molar-refractivity contribution in [3.63, 3.8) is 0 Å². The van der Waals surface area contributed by atoms with E-state index in [1.54, 1.807) is 25.3 Å². The van der Waals surface area contributed by atoms with Crippen LogP contribution in [-0.2, 0) is 11.3 Å². The van der Waals surface area contributed by atoms with Crippen LogP contribution in [0.4, 0.5) is 5.69 Å². The number of amides is 1. The summed E-state index contributed by atoms with van der Waals surface area (Å²) < 4.78 is 10.4. The predicted octanol–water partition coefficient (Wildman–Crippen LogP) is 2.84. The van der Waals surface area contributed by atoms with E-state index in [0.29, 0.717) is 23.7 Å². The van der Waals surface area contributed by atoms with Gasteiger partial charge in [0.05, 0.1) is 14.2 Å². The fourth-order valence-corrected chi connectivity index (χ4v) is 2.10. The van der Waals surface area contributed by atoms with Crippen molar-refractivity contribution in [2.24, 2.45) is 0 Å². The highest BCUT2D eigenvalue weighted by atomic mass is 16.5. The molecular weight excluding hydrogens is 318 g/mol. The monoisotopic (exact) mass is 337 g/mol. The van der Waals surface area contributed by atoms with Gasteiger partial charge >= 0.3 is 0 Å². The number of nitriles is 1. The molecule has 0 radical (unpaired) electrons. The van der Waals surface area contributed by atoms with Crippen LogP contribution in [0.1, 0.15) is 5.56 Å². The third kappa shape index (κ3) is 5.01. The molecule has 0 aliphatic carbocycles. The quantitative estimate of drug-likeness (QED) is 0.599. The third-order valence-electron chi connectivity index (χ3n) is 3.43. The van der Waals surface area contributed by atoms with Crippen LogP contribution >= 0.6 is 0 Å². The van der Waals surface area contributed by atoms with Crippen molar-refractivity contribution >= 4 is 11.6 Å². The molecule has 0 atom stereocenters. The first-order chi connectivity index (χ1) is 12.2. The second-order valence-electron chi connectivity index (χ2n) is 5.05. The molecule has 0 unspecified atom stereocenters. The third-order valence-corrected chi connectivity index (χ3v) is 3.43. The van der Waals surface area contributed by atoms with E-state index in [1.807, 2.05) is 36.4 Å². The molecule has 128 valence electrons. The molecule has 6 heteroatoms. The molecule has 0 spiro atoms. The second kappa shape index (κ2) is 8.99. The maximum atomic E-state index is 12.1. The predicted molar refractivity (Wildman–Crippen MR) is 95.2 cm³/mol. The van der Waals surface area contributed by atoms with Crippen LogP contribution < -0.4 is 20.1 Å². The number of ether oxygens (including phenoxy) is 2. The number of hydrogen-bond acceptors (Lipinski definition) is 5. The van der Waals surface area contributed by atoms with Gasteiger partial charge in [0.25, 0.3) is 5.91 Å². The lowest BCUT2D eigenvalue weighted by atomic mass is 10.2. The Kier molecular flexibility index (Phi) is 6.43.